The summed E-state index contributed by atoms with van der Waals surface area (Å²) in [6, 6.07) is 36.0. The average Bonchev–Trinajstić information content (AvgIpc) is 3.38. The number of esters is 1. The molecule has 0 saturated heterocycles. The Hall–Kier alpha value is -4.45. The standard InChI is InChI=1S/C38H20Br2O3/c1-19(41)42-31-18-32-38(36-27(31)17-29(40)26-14-11-21-7-3-5-9-24(21)35(26)36)37-30(43-32)15-12-22-16-28(39)25-13-10-20-6-2-4-8-23(20)34(25)33(22)37/h2-18H,1H3. The molecule has 3 nitrogen and oxygen atoms in total. The number of benzene rings is 8. The van der Waals surface area contributed by atoms with Gasteiger partial charge in [0.1, 0.15) is 16.9 Å². The summed E-state index contributed by atoms with van der Waals surface area (Å²) in [5.41, 5.74) is 1.47. The molecule has 0 aliphatic carbocycles. The van der Waals surface area contributed by atoms with E-state index in [4.69, 9.17) is 9.15 Å². The molecule has 0 aliphatic rings. The van der Waals surface area contributed by atoms with Crippen molar-refractivity contribution in [2.45, 2.75) is 6.92 Å². The van der Waals surface area contributed by atoms with Gasteiger partial charge in [-0.05, 0) is 66.7 Å². The first-order valence-electron chi connectivity index (χ1n) is 14.0. The maximum atomic E-state index is 12.3. The van der Waals surface area contributed by atoms with E-state index in [1.807, 2.05) is 6.07 Å². The van der Waals surface area contributed by atoms with E-state index in [9.17, 15) is 4.79 Å². The Morgan fingerprint density at radius 1 is 0.535 bits per heavy atom. The predicted octanol–water partition coefficient (Wildman–Crippen LogP) is 12.0. The van der Waals surface area contributed by atoms with Gasteiger partial charge in [-0.25, -0.2) is 0 Å². The van der Waals surface area contributed by atoms with Crippen molar-refractivity contribution in [1.82, 2.24) is 0 Å². The monoisotopic (exact) mass is 682 g/mol. The predicted molar refractivity (Wildman–Crippen MR) is 185 cm³/mol. The molecule has 43 heavy (non-hydrogen) atoms. The van der Waals surface area contributed by atoms with Crippen LogP contribution in [0.25, 0.3) is 86.6 Å². The van der Waals surface area contributed by atoms with E-state index >= 15 is 0 Å². The fraction of sp³-hybridized carbons (Fsp3) is 0.0263. The van der Waals surface area contributed by atoms with E-state index in [2.05, 4.69) is 129 Å². The van der Waals surface area contributed by atoms with Gasteiger partial charge in [-0.2, -0.15) is 0 Å². The van der Waals surface area contributed by atoms with Gasteiger partial charge in [0.15, 0.2) is 0 Å². The van der Waals surface area contributed by atoms with Gasteiger partial charge in [-0.15, -0.1) is 0 Å². The van der Waals surface area contributed by atoms with Gasteiger partial charge in [-0.1, -0.05) is 111 Å². The Kier molecular flexibility index (Phi) is 5.27. The van der Waals surface area contributed by atoms with Crippen LogP contribution in [0.4, 0.5) is 0 Å². The molecule has 0 aliphatic heterocycles. The van der Waals surface area contributed by atoms with Gasteiger partial charge < -0.3 is 9.15 Å². The molecular weight excluding hydrogens is 664 g/mol. The Balaban J connectivity index is 1.65. The molecule has 0 spiro atoms. The lowest BCUT2D eigenvalue weighted by Gasteiger charge is -2.15. The zero-order valence-electron chi connectivity index (χ0n) is 22.8. The van der Waals surface area contributed by atoms with Crippen molar-refractivity contribution in [3.05, 3.63) is 112 Å². The van der Waals surface area contributed by atoms with Crippen LogP contribution in [0.2, 0.25) is 0 Å². The third-order valence-corrected chi connectivity index (χ3v) is 9.95. The van der Waals surface area contributed by atoms with Crippen molar-refractivity contribution in [2.75, 3.05) is 0 Å². The number of carbonyl (C=O) groups excluding carboxylic acids is 1. The van der Waals surface area contributed by atoms with Gasteiger partial charge >= 0.3 is 5.97 Å². The van der Waals surface area contributed by atoms with Gasteiger partial charge in [0.25, 0.3) is 0 Å². The van der Waals surface area contributed by atoms with Crippen LogP contribution in [0.5, 0.6) is 5.75 Å². The molecular formula is C38H20Br2O3. The van der Waals surface area contributed by atoms with Crippen LogP contribution >= 0.6 is 31.9 Å². The Morgan fingerprint density at radius 2 is 1.12 bits per heavy atom. The Morgan fingerprint density at radius 3 is 1.79 bits per heavy atom. The number of hydrogen-bond donors (Lipinski definition) is 0. The molecule has 0 saturated carbocycles. The lowest BCUT2D eigenvalue weighted by molar-refractivity contribution is -0.131. The summed E-state index contributed by atoms with van der Waals surface area (Å²) in [5.74, 6) is 0.102. The van der Waals surface area contributed by atoms with E-state index in [0.29, 0.717) is 11.3 Å². The molecule has 0 N–H and O–H groups in total. The van der Waals surface area contributed by atoms with Crippen molar-refractivity contribution in [3.8, 4) is 5.75 Å². The maximum absolute atomic E-state index is 12.3. The highest BCUT2D eigenvalue weighted by molar-refractivity contribution is 9.11. The minimum atomic E-state index is -0.376. The van der Waals surface area contributed by atoms with Crippen LogP contribution < -0.4 is 4.74 Å². The van der Waals surface area contributed by atoms with Crippen LogP contribution in [-0.4, -0.2) is 5.97 Å². The average molecular weight is 684 g/mol. The topological polar surface area (TPSA) is 39.4 Å². The number of carbonyl (C=O) groups is 1. The van der Waals surface area contributed by atoms with Gasteiger partial charge in [0.2, 0.25) is 0 Å². The zero-order chi connectivity index (χ0) is 29.0. The fourth-order valence-corrected chi connectivity index (χ4v) is 8.10. The Bertz CT molecular complexity index is 2700. The number of furan rings is 1. The summed E-state index contributed by atoms with van der Waals surface area (Å²) in [4.78, 5) is 12.3. The van der Waals surface area contributed by atoms with Crippen molar-refractivity contribution in [1.29, 1.82) is 0 Å². The molecule has 9 aromatic rings. The SMILES string of the molecule is CC(=O)Oc1cc2oc3ccc4cc(Br)c5ccc6ccccc6c5c4c3c2c2c1cc(Br)c1ccc3ccccc3c12. The number of halogens is 2. The third kappa shape index (κ3) is 3.49. The first-order valence-corrected chi connectivity index (χ1v) is 15.6. The molecule has 8 aromatic carbocycles. The zero-order valence-corrected chi connectivity index (χ0v) is 26.0. The molecule has 0 radical (unpaired) electrons. The van der Waals surface area contributed by atoms with Gasteiger partial charge in [0, 0.05) is 48.9 Å². The first-order chi connectivity index (χ1) is 21.0. The molecule has 0 atom stereocenters. The fourth-order valence-electron chi connectivity index (χ4n) is 6.96. The normalized spacial score (nSPS) is 12.2. The second-order valence-electron chi connectivity index (χ2n) is 11.0. The van der Waals surface area contributed by atoms with Gasteiger partial charge in [0.05, 0.1) is 0 Å². The number of ether oxygens (including phenoxy) is 1. The van der Waals surface area contributed by atoms with E-state index < -0.39 is 0 Å². The summed E-state index contributed by atoms with van der Waals surface area (Å²) in [6.45, 7) is 1.43. The van der Waals surface area contributed by atoms with Crippen molar-refractivity contribution < 1.29 is 13.9 Å². The second kappa shape index (κ2) is 9.03. The second-order valence-corrected chi connectivity index (χ2v) is 12.7. The van der Waals surface area contributed by atoms with Crippen LogP contribution in [0.1, 0.15) is 6.92 Å². The van der Waals surface area contributed by atoms with Crippen LogP contribution in [0.15, 0.2) is 116 Å². The van der Waals surface area contributed by atoms with Gasteiger partial charge in [-0.3, -0.25) is 4.79 Å². The van der Waals surface area contributed by atoms with E-state index in [0.717, 1.165) is 73.8 Å². The van der Waals surface area contributed by atoms with Crippen molar-refractivity contribution >= 4 is 124 Å². The molecule has 1 heterocycles. The lowest BCUT2D eigenvalue weighted by atomic mass is 9.90. The quantitative estimate of drug-likeness (QED) is 0.0982. The van der Waals surface area contributed by atoms with Crippen LogP contribution in [-0.2, 0) is 4.79 Å². The van der Waals surface area contributed by atoms with Crippen LogP contribution in [0, 0.1) is 0 Å². The smallest absolute Gasteiger partial charge is 0.308 e. The summed E-state index contributed by atoms with van der Waals surface area (Å²) in [6.07, 6.45) is 0. The maximum Gasteiger partial charge on any atom is 0.308 e. The number of rotatable bonds is 1. The molecule has 204 valence electrons. The highest BCUT2D eigenvalue weighted by Gasteiger charge is 2.23. The molecule has 0 amide bonds. The molecule has 9 rings (SSSR count). The molecule has 5 heteroatoms. The number of fused-ring (bicyclic) bond motifs is 15. The molecule has 0 bridgehead atoms. The minimum absolute atomic E-state index is 0.376. The van der Waals surface area contributed by atoms with Crippen LogP contribution in [0.3, 0.4) is 0 Å². The largest absolute Gasteiger partial charge is 0.456 e. The van der Waals surface area contributed by atoms with Crippen molar-refractivity contribution in [2.24, 2.45) is 0 Å². The highest BCUT2D eigenvalue weighted by atomic mass is 79.9. The minimum Gasteiger partial charge on any atom is -0.456 e. The summed E-state index contributed by atoms with van der Waals surface area (Å²) >= 11 is 7.72. The third-order valence-electron chi connectivity index (χ3n) is 8.64. The molecule has 0 unspecified atom stereocenters. The lowest BCUT2D eigenvalue weighted by Crippen LogP contribution is -2.02. The summed E-state index contributed by atoms with van der Waals surface area (Å²) in [5, 5.41) is 15.3. The van der Waals surface area contributed by atoms with E-state index in [1.54, 1.807) is 0 Å². The van der Waals surface area contributed by atoms with Crippen molar-refractivity contribution in [3.63, 3.8) is 0 Å². The molecule has 1 aromatic heterocycles. The molecule has 0 fully saturated rings. The summed E-state index contributed by atoms with van der Waals surface area (Å²) < 4.78 is 14.5. The first kappa shape index (κ1) is 25.1. The number of hydrogen-bond acceptors (Lipinski definition) is 3. The van der Waals surface area contributed by atoms with E-state index in [-0.39, 0.29) is 5.97 Å². The highest BCUT2D eigenvalue weighted by Crippen LogP contribution is 2.49. The Labute approximate surface area is 261 Å². The van der Waals surface area contributed by atoms with E-state index in [1.165, 1.54) is 23.1 Å². The summed E-state index contributed by atoms with van der Waals surface area (Å²) in [7, 11) is 0.